The van der Waals surface area contributed by atoms with E-state index in [1.165, 1.54) is 0 Å². The van der Waals surface area contributed by atoms with E-state index in [1.807, 2.05) is 0 Å². The maximum atomic E-state index is 13.3. The van der Waals surface area contributed by atoms with E-state index in [0.29, 0.717) is 5.78 Å². The Kier molecular flexibility index (Phi) is 12.3. The van der Waals surface area contributed by atoms with Gasteiger partial charge in [0.25, 0.3) is 0 Å². The Labute approximate surface area is 139 Å². The summed E-state index contributed by atoms with van der Waals surface area (Å²) in [6.07, 6.45) is 18.7. The van der Waals surface area contributed by atoms with Gasteiger partial charge in [-0.25, -0.2) is 0 Å². The van der Waals surface area contributed by atoms with Crippen LogP contribution in [0.3, 0.4) is 0 Å². The van der Waals surface area contributed by atoms with Gasteiger partial charge < -0.3 is 0 Å². The van der Waals surface area contributed by atoms with Crippen LogP contribution in [0.15, 0.2) is 0 Å². The van der Waals surface area contributed by atoms with Crippen molar-refractivity contribution in [3.63, 3.8) is 0 Å². The fraction of sp³-hybridized carbons (Fsp3) is 0.857. The standard InChI is InChI=1S/C21H38O/c1-6-11-15-19(16-12-7-2)20(22)21(10-5,17-13-8-3)18-14-9-4/h5,19H,6-9,11-18H2,1-4H3. The average Bonchev–Trinajstić information content (AvgIpc) is 2.55. The smallest absolute Gasteiger partial charge is 0.153 e. The highest BCUT2D eigenvalue weighted by molar-refractivity contribution is 5.89. The van der Waals surface area contributed by atoms with Gasteiger partial charge in [-0.2, -0.15) is 0 Å². The normalized spacial score (nSPS) is 11.6. The maximum absolute atomic E-state index is 13.3. The Bertz CT molecular complexity index is 307. The maximum Gasteiger partial charge on any atom is 0.153 e. The Morgan fingerprint density at radius 2 is 1.27 bits per heavy atom. The highest BCUT2D eigenvalue weighted by Gasteiger charge is 2.38. The molecule has 0 aromatic rings. The van der Waals surface area contributed by atoms with E-state index in [1.54, 1.807) is 0 Å². The fourth-order valence-corrected chi connectivity index (χ4v) is 3.24. The highest BCUT2D eigenvalue weighted by Crippen LogP contribution is 2.37. The van der Waals surface area contributed by atoms with Crippen molar-refractivity contribution in [2.75, 3.05) is 0 Å². The topological polar surface area (TPSA) is 17.1 Å². The van der Waals surface area contributed by atoms with E-state index in [4.69, 9.17) is 6.42 Å². The molecule has 0 aromatic heterocycles. The van der Waals surface area contributed by atoms with Gasteiger partial charge in [0.15, 0.2) is 5.78 Å². The van der Waals surface area contributed by atoms with Crippen LogP contribution in [0, 0.1) is 23.7 Å². The number of terminal acetylenes is 1. The van der Waals surface area contributed by atoms with Gasteiger partial charge in [0.05, 0.1) is 5.41 Å². The van der Waals surface area contributed by atoms with Gasteiger partial charge in [0, 0.05) is 5.92 Å². The summed E-state index contributed by atoms with van der Waals surface area (Å²) in [5.41, 5.74) is -0.488. The monoisotopic (exact) mass is 306 g/mol. The van der Waals surface area contributed by atoms with E-state index in [-0.39, 0.29) is 5.92 Å². The molecule has 0 fully saturated rings. The molecule has 22 heavy (non-hydrogen) atoms. The third-order valence-electron chi connectivity index (χ3n) is 4.85. The summed E-state index contributed by atoms with van der Waals surface area (Å²) in [5, 5.41) is 0. The second-order valence-corrected chi connectivity index (χ2v) is 6.78. The quantitative estimate of drug-likeness (QED) is 0.332. The highest BCUT2D eigenvalue weighted by atomic mass is 16.1. The first-order valence-electron chi connectivity index (χ1n) is 9.63. The van der Waals surface area contributed by atoms with Crippen molar-refractivity contribution in [1.29, 1.82) is 0 Å². The second-order valence-electron chi connectivity index (χ2n) is 6.78. The fourth-order valence-electron chi connectivity index (χ4n) is 3.24. The molecule has 0 saturated carbocycles. The zero-order chi connectivity index (χ0) is 16.8. The Morgan fingerprint density at radius 1 is 0.864 bits per heavy atom. The summed E-state index contributed by atoms with van der Waals surface area (Å²) in [6.45, 7) is 8.75. The number of rotatable bonds is 14. The van der Waals surface area contributed by atoms with Gasteiger partial charge in [-0.3, -0.25) is 4.79 Å². The Balaban J connectivity index is 5.16. The lowest BCUT2D eigenvalue weighted by atomic mass is 9.70. The zero-order valence-electron chi connectivity index (χ0n) is 15.5. The predicted octanol–water partition coefficient (Wildman–Crippen LogP) is 6.55. The predicted molar refractivity (Wildman–Crippen MR) is 97.9 cm³/mol. The van der Waals surface area contributed by atoms with Gasteiger partial charge in [-0.05, 0) is 25.7 Å². The molecule has 0 aliphatic carbocycles. The van der Waals surface area contributed by atoms with Crippen molar-refractivity contribution in [1.82, 2.24) is 0 Å². The molecule has 0 heterocycles. The van der Waals surface area contributed by atoms with Crippen LogP contribution in [0.1, 0.15) is 105 Å². The molecule has 128 valence electrons. The number of ketones is 1. The second kappa shape index (κ2) is 12.7. The first-order chi connectivity index (χ1) is 10.6. The van der Waals surface area contributed by atoms with Crippen LogP contribution in [-0.4, -0.2) is 5.78 Å². The average molecular weight is 307 g/mol. The largest absolute Gasteiger partial charge is 0.298 e. The van der Waals surface area contributed by atoms with Crippen molar-refractivity contribution in [3.8, 4) is 12.3 Å². The molecule has 0 aromatic carbocycles. The van der Waals surface area contributed by atoms with Crippen LogP contribution in [0.25, 0.3) is 0 Å². The summed E-state index contributed by atoms with van der Waals surface area (Å²) >= 11 is 0. The number of hydrogen-bond acceptors (Lipinski definition) is 1. The van der Waals surface area contributed by atoms with E-state index < -0.39 is 5.41 Å². The van der Waals surface area contributed by atoms with Gasteiger partial charge in [0.2, 0.25) is 0 Å². The first kappa shape index (κ1) is 21.2. The van der Waals surface area contributed by atoms with Crippen LogP contribution in [0.5, 0.6) is 0 Å². The van der Waals surface area contributed by atoms with E-state index in [2.05, 4.69) is 33.6 Å². The lowest BCUT2D eigenvalue weighted by Crippen LogP contribution is -2.35. The van der Waals surface area contributed by atoms with Crippen LogP contribution >= 0.6 is 0 Å². The molecule has 0 amide bonds. The Hall–Kier alpha value is -0.770. The van der Waals surface area contributed by atoms with Crippen molar-refractivity contribution < 1.29 is 4.79 Å². The van der Waals surface area contributed by atoms with Crippen LogP contribution in [-0.2, 0) is 4.79 Å². The van der Waals surface area contributed by atoms with Gasteiger partial charge in [-0.1, -0.05) is 85.0 Å². The number of Topliss-reactive ketones (excluding diaryl/α,β-unsaturated/α-hetero) is 1. The van der Waals surface area contributed by atoms with Crippen LogP contribution < -0.4 is 0 Å². The molecule has 0 radical (unpaired) electrons. The molecule has 0 spiro atoms. The first-order valence-corrected chi connectivity index (χ1v) is 9.63. The third-order valence-corrected chi connectivity index (χ3v) is 4.85. The molecule has 0 bridgehead atoms. The van der Waals surface area contributed by atoms with Crippen molar-refractivity contribution in [2.45, 2.75) is 105 Å². The van der Waals surface area contributed by atoms with Crippen molar-refractivity contribution >= 4 is 5.78 Å². The number of unbranched alkanes of at least 4 members (excludes halogenated alkanes) is 4. The molecule has 0 rings (SSSR count). The minimum absolute atomic E-state index is 0.185. The number of carbonyl (C=O) groups is 1. The van der Waals surface area contributed by atoms with E-state index >= 15 is 0 Å². The molecule has 1 heteroatoms. The third kappa shape index (κ3) is 6.99. The molecule has 0 unspecified atom stereocenters. The Morgan fingerprint density at radius 3 is 1.59 bits per heavy atom. The molecule has 0 atom stereocenters. The summed E-state index contributed by atoms with van der Waals surface area (Å²) in [7, 11) is 0. The minimum atomic E-state index is -0.488. The van der Waals surface area contributed by atoms with Crippen molar-refractivity contribution in [3.05, 3.63) is 0 Å². The van der Waals surface area contributed by atoms with Crippen LogP contribution in [0.4, 0.5) is 0 Å². The molecule has 0 aliphatic rings. The molecule has 0 N–H and O–H groups in total. The van der Waals surface area contributed by atoms with Gasteiger partial charge >= 0.3 is 0 Å². The minimum Gasteiger partial charge on any atom is -0.298 e. The molecular formula is C21H38O. The van der Waals surface area contributed by atoms with E-state index in [0.717, 1.165) is 77.0 Å². The van der Waals surface area contributed by atoms with Gasteiger partial charge in [0.1, 0.15) is 0 Å². The van der Waals surface area contributed by atoms with Gasteiger partial charge in [-0.15, -0.1) is 6.42 Å². The van der Waals surface area contributed by atoms with Crippen molar-refractivity contribution in [2.24, 2.45) is 11.3 Å². The van der Waals surface area contributed by atoms with Crippen LogP contribution in [0.2, 0.25) is 0 Å². The lowest BCUT2D eigenvalue weighted by Gasteiger charge is -2.31. The molecule has 0 aliphatic heterocycles. The number of carbonyl (C=O) groups excluding carboxylic acids is 1. The molecular weight excluding hydrogens is 268 g/mol. The summed E-state index contributed by atoms with van der Waals surface area (Å²) in [4.78, 5) is 13.3. The summed E-state index contributed by atoms with van der Waals surface area (Å²) in [5.74, 6) is 3.54. The lowest BCUT2D eigenvalue weighted by molar-refractivity contribution is -0.131. The molecule has 0 saturated heterocycles. The SMILES string of the molecule is C#CC(CCCC)(CCCC)C(=O)C(CCCC)CCCC. The number of hydrogen-bond donors (Lipinski definition) is 0. The zero-order valence-corrected chi connectivity index (χ0v) is 15.5. The molecule has 1 nitrogen and oxygen atoms in total. The van der Waals surface area contributed by atoms with E-state index in [9.17, 15) is 4.79 Å². The summed E-state index contributed by atoms with van der Waals surface area (Å²) in [6, 6.07) is 0. The summed E-state index contributed by atoms with van der Waals surface area (Å²) < 4.78 is 0.